The molecule has 1 saturated heterocycles. The van der Waals surface area contributed by atoms with Crippen LogP contribution in [0, 0.1) is 136 Å². The van der Waals surface area contributed by atoms with E-state index in [1.54, 1.807) is 47.2 Å². The normalized spacial score (nSPS) is 12.6. The quantitative estimate of drug-likeness (QED) is 0.344. The summed E-state index contributed by atoms with van der Waals surface area (Å²) >= 11 is 12.3. The molecule has 1 aliphatic heterocycles. The zero-order valence-electron chi connectivity index (χ0n) is 20.8. The van der Waals surface area contributed by atoms with Crippen molar-refractivity contribution in [1.82, 2.24) is 14.8 Å². The number of halogens is 4. The second kappa shape index (κ2) is 18.6. The number of piperidine rings is 1. The summed E-state index contributed by atoms with van der Waals surface area (Å²) in [6.07, 6.45) is 2.62. The molecular formula is C25H22Cl2F2N4O2U4. The van der Waals surface area contributed by atoms with E-state index in [4.69, 9.17) is 23.2 Å². The molecule has 0 bridgehead atoms. The fourth-order valence-electron chi connectivity index (χ4n) is 4.03. The van der Waals surface area contributed by atoms with E-state index in [0.717, 1.165) is 6.07 Å². The number of nitrogens with zero attached hydrogens (tertiary/aromatic N) is 3. The van der Waals surface area contributed by atoms with E-state index in [1.807, 2.05) is 0 Å². The molecule has 6 nitrogen and oxygen atoms in total. The van der Waals surface area contributed by atoms with Crippen LogP contribution in [0.5, 0.6) is 0 Å². The monoisotopic (exact) mass is 1470 g/mol. The number of likely N-dealkylation sites (tertiary alicyclic amines) is 1. The van der Waals surface area contributed by atoms with E-state index in [2.05, 4.69) is 10.3 Å². The summed E-state index contributed by atoms with van der Waals surface area (Å²) in [6.45, 7) is 0.923. The molecule has 2 aromatic carbocycles. The molecule has 1 fully saturated rings. The smallest absolute Gasteiger partial charge is 0.321 e. The predicted octanol–water partition coefficient (Wildman–Crippen LogP) is 6.10. The van der Waals surface area contributed by atoms with Crippen LogP contribution in [-0.2, 0) is 0 Å². The zero-order chi connectivity index (χ0) is 25.1. The van der Waals surface area contributed by atoms with Crippen molar-refractivity contribution in [2.45, 2.75) is 18.9 Å². The van der Waals surface area contributed by atoms with Crippen molar-refractivity contribution in [3.05, 3.63) is 82.0 Å². The first-order valence-electron chi connectivity index (χ1n) is 10.9. The Hall–Kier alpha value is 0.978. The number of anilines is 1. The fourth-order valence-corrected chi connectivity index (χ4v) is 4.59. The Kier molecular flexibility index (Phi) is 19.1. The van der Waals surface area contributed by atoms with Gasteiger partial charge >= 0.3 is 6.03 Å². The number of carbonyl (C=O) groups is 2. The van der Waals surface area contributed by atoms with Gasteiger partial charge in [0.25, 0.3) is 5.91 Å². The number of hydrogen-bond acceptors (Lipinski definition) is 3. The largest absolute Gasteiger partial charge is 0.338 e. The molecule has 198 valence electrons. The first kappa shape index (κ1) is 40.0. The van der Waals surface area contributed by atoms with Gasteiger partial charge in [0.05, 0.1) is 33.2 Å². The van der Waals surface area contributed by atoms with Gasteiger partial charge in [-0.15, -0.1) is 0 Å². The Morgan fingerprint density at radius 3 is 2.03 bits per heavy atom. The summed E-state index contributed by atoms with van der Waals surface area (Å²) in [5, 5.41) is 3.39. The van der Waals surface area contributed by atoms with Gasteiger partial charge in [0.2, 0.25) is 0 Å². The molecule has 0 spiro atoms. The third-order valence-corrected chi connectivity index (χ3v) is 6.60. The third-order valence-electron chi connectivity index (χ3n) is 5.97. The molecule has 0 saturated carbocycles. The number of rotatable bonds is 4. The van der Waals surface area contributed by atoms with Crippen molar-refractivity contribution >= 4 is 40.8 Å². The molecule has 0 unspecified atom stereocenters. The topological polar surface area (TPSA) is 65.5 Å². The van der Waals surface area contributed by atoms with Crippen LogP contribution in [-0.4, -0.2) is 52.9 Å². The van der Waals surface area contributed by atoms with Gasteiger partial charge in [-0.25, -0.2) is 13.6 Å². The molecule has 0 atom stereocenters. The standard InChI is InChI=1S/C25H22Cl2F2N4O2.4U/c1-32(19-7-9-33(10-8-19)24(34)23-20(26)3-2-4-21(23)27)25(35)31-18-5-6-22(30-14-18)15-11-16(28)13-17(29)12-15;;;;/h2-6,11-14,19H,7-10H2,1H3,(H,31,35);;;;. The summed E-state index contributed by atoms with van der Waals surface area (Å²) in [4.78, 5) is 33.1. The molecule has 1 aliphatic rings. The van der Waals surface area contributed by atoms with Gasteiger partial charge in [-0.05, 0) is 49.2 Å². The van der Waals surface area contributed by atoms with Crippen LogP contribution in [0.25, 0.3) is 11.3 Å². The van der Waals surface area contributed by atoms with Crippen LogP contribution in [0.4, 0.5) is 19.3 Å². The molecule has 3 aromatic rings. The van der Waals surface area contributed by atoms with Crippen LogP contribution < -0.4 is 5.32 Å². The number of amides is 3. The Labute approximate surface area is 331 Å². The summed E-state index contributed by atoms with van der Waals surface area (Å²) in [5.74, 6) is -1.61. The number of carbonyl (C=O) groups excluding carboxylic acids is 2. The Morgan fingerprint density at radius 1 is 0.949 bits per heavy atom. The number of benzene rings is 2. The van der Waals surface area contributed by atoms with Crippen molar-refractivity contribution in [2.75, 3.05) is 25.5 Å². The molecule has 1 aromatic heterocycles. The molecular weight excluding hydrogens is 1450 g/mol. The second-order valence-electron chi connectivity index (χ2n) is 8.25. The molecule has 1 N–H and O–H groups in total. The summed E-state index contributed by atoms with van der Waals surface area (Å²) < 4.78 is 26.9. The zero-order valence-corrected chi connectivity index (χ0v) is 38.9. The van der Waals surface area contributed by atoms with E-state index >= 15 is 0 Å². The minimum Gasteiger partial charge on any atom is -0.338 e. The molecule has 4 rings (SSSR count). The van der Waals surface area contributed by atoms with Crippen molar-refractivity contribution in [3.8, 4) is 11.3 Å². The molecule has 0 radical (unpaired) electrons. The van der Waals surface area contributed by atoms with Gasteiger partial charge < -0.3 is 15.1 Å². The Balaban J connectivity index is 0.00000361. The van der Waals surface area contributed by atoms with Gasteiger partial charge in [-0.2, -0.15) is 0 Å². The van der Waals surface area contributed by atoms with Crippen molar-refractivity contribution in [1.29, 1.82) is 0 Å². The second-order valence-corrected chi connectivity index (χ2v) is 9.07. The summed E-state index contributed by atoms with van der Waals surface area (Å²) in [5.41, 5.74) is 1.42. The predicted molar refractivity (Wildman–Crippen MR) is 132 cm³/mol. The Bertz CT molecular complexity index is 1230. The maximum absolute atomic E-state index is 13.5. The van der Waals surface area contributed by atoms with Gasteiger partial charge in [-0.1, -0.05) is 29.3 Å². The summed E-state index contributed by atoms with van der Waals surface area (Å²) in [6, 6.07) is 10.9. The van der Waals surface area contributed by atoms with Crippen LogP contribution in [0.3, 0.4) is 0 Å². The number of aromatic nitrogens is 1. The van der Waals surface area contributed by atoms with Gasteiger partial charge in [0.15, 0.2) is 0 Å². The van der Waals surface area contributed by atoms with Gasteiger partial charge in [-0.3, -0.25) is 9.78 Å². The van der Waals surface area contributed by atoms with Crippen molar-refractivity contribution in [3.63, 3.8) is 0 Å². The number of hydrogen-bond donors (Lipinski definition) is 1. The first-order valence-corrected chi connectivity index (χ1v) is 11.7. The van der Waals surface area contributed by atoms with E-state index in [1.165, 1.54) is 18.3 Å². The van der Waals surface area contributed by atoms with Crippen LogP contribution in [0.2, 0.25) is 10.0 Å². The molecule has 39 heavy (non-hydrogen) atoms. The SMILES string of the molecule is CN(C(=O)Nc1ccc(-c2cc(F)cc(F)c2)nc1)C1CCN(C(=O)c2c(Cl)cccc2Cl)CC1.[U].[U].[U].[U]. The molecule has 0 aliphatic carbocycles. The Morgan fingerprint density at radius 2 is 1.51 bits per heavy atom. The molecule has 14 heteroatoms. The van der Waals surface area contributed by atoms with E-state index < -0.39 is 11.6 Å². The van der Waals surface area contributed by atoms with Crippen molar-refractivity contribution in [2.24, 2.45) is 0 Å². The summed E-state index contributed by atoms with van der Waals surface area (Å²) in [7, 11) is 1.69. The van der Waals surface area contributed by atoms with Crippen molar-refractivity contribution < 1.29 is 143 Å². The average Bonchev–Trinajstić information content (AvgIpc) is 2.83. The van der Waals surface area contributed by atoms with Crippen LogP contribution in [0.1, 0.15) is 23.2 Å². The van der Waals surface area contributed by atoms with E-state index in [9.17, 15) is 18.4 Å². The first-order chi connectivity index (χ1) is 16.7. The fraction of sp³-hybridized carbons (Fsp3) is 0.240. The number of urea groups is 1. The maximum Gasteiger partial charge on any atom is 0.321 e. The minimum atomic E-state index is -0.691. The van der Waals surface area contributed by atoms with Gasteiger partial charge in [0.1, 0.15) is 11.6 Å². The minimum absolute atomic E-state index is 0. The van der Waals surface area contributed by atoms with Gasteiger partial charge in [0, 0.05) is 162 Å². The number of pyridine rings is 1. The maximum atomic E-state index is 13.5. The number of nitrogens with one attached hydrogen (secondary N) is 1. The molecule has 2 heterocycles. The average molecular weight is 1470 g/mol. The third kappa shape index (κ3) is 10.6. The molecule has 3 amide bonds. The van der Waals surface area contributed by atoms with E-state index in [-0.39, 0.29) is 148 Å². The van der Waals surface area contributed by atoms with Crippen LogP contribution in [0.15, 0.2) is 54.7 Å². The van der Waals surface area contributed by atoms with Crippen LogP contribution >= 0.6 is 23.2 Å². The van der Waals surface area contributed by atoms with E-state index in [0.29, 0.717) is 52.9 Å².